The Kier molecular flexibility index (Phi) is 4.96. The molecule has 1 spiro atoms. The topological polar surface area (TPSA) is 76.1 Å². The number of rotatable bonds is 4. The smallest absolute Gasteiger partial charge is 0.234 e. The summed E-state index contributed by atoms with van der Waals surface area (Å²) in [5, 5.41) is 0. The van der Waals surface area contributed by atoms with Crippen LogP contribution in [0.15, 0.2) is 30.5 Å². The van der Waals surface area contributed by atoms with E-state index in [0.717, 1.165) is 37.8 Å². The summed E-state index contributed by atoms with van der Waals surface area (Å²) in [5.74, 6) is 1.84. The third-order valence-electron chi connectivity index (χ3n) is 6.15. The molecule has 0 aromatic carbocycles. The molecule has 1 saturated heterocycles. The first-order chi connectivity index (χ1) is 13.5. The summed E-state index contributed by atoms with van der Waals surface area (Å²) in [7, 11) is 0. The lowest BCUT2D eigenvalue weighted by Crippen LogP contribution is -2.39. The molecule has 1 amide bonds. The highest BCUT2D eigenvalue weighted by Crippen LogP contribution is 2.48. The third-order valence-corrected chi connectivity index (χ3v) is 6.15. The first-order valence-corrected chi connectivity index (χ1v) is 10.1. The van der Waals surface area contributed by atoms with Crippen LogP contribution in [0.4, 0.5) is 5.82 Å². The Balaban J connectivity index is 1.47. The zero-order chi connectivity index (χ0) is 19.7. The maximum absolute atomic E-state index is 13.3. The minimum Gasteiger partial charge on any atom is -0.296 e. The zero-order valence-electron chi connectivity index (χ0n) is 16.5. The molecular weight excluding hydrogens is 352 g/mol. The molecule has 4 rings (SSSR count). The van der Waals surface area contributed by atoms with Crippen molar-refractivity contribution < 1.29 is 9.59 Å². The Hall–Kier alpha value is -2.63. The lowest BCUT2D eigenvalue weighted by molar-refractivity contribution is -0.128. The number of Topliss-reactive ketones (excluding diaryl/α,β-unsaturated/α-hetero) is 1. The van der Waals surface area contributed by atoms with Gasteiger partial charge in [0.05, 0.1) is 5.41 Å². The summed E-state index contributed by atoms with van der Waals surface area (Å²) >= 11 is 0. The second kappa shape index (κ2) is 7.41. The van der Waals surface area contributed by atoms with Crippen molar-refractivity contribution in [3.63, 3.8) is 0 Å². The van der Waals surface area contributed by atoms with E-state index in [0.29, 0.717) is 30.3 Å². The lowest BCUT2D eigenvalue weighted by atomic mass is 9.67. The van der Waals surface area contributed by atoms with Crippen molar-refractivity contribution in [2.45, 2.75) is 52.4 Å². The Bertz CT molecular complexity index is 913. The second-order valence-electron chi connectivity index (χ2n) is 8.20. The average molecular weight is 378 g/mol. The number of aromatic nitrogens is 3. The molecule has 0 radical (unpaired) electrons. The van der Waals surface area contributed by atoms with Crippen LogP contribution in [0.3, 0.4) is 0 Å². The number of ketones is 1. The highest BCUT2D eigenvalue weighted by molar-refractivity contribution is 5.99. The van der Waals surface area contributed by atoms with Gasteiger partial charge in [0, 0.05) is 24.9 Å². The molecule has 0 unspecified atom stereocenters. The van der Waals surface area contributed by atoms with Gasteiger partial charge in [0.2, 0.25) is 5.91 Å². The summed E-state index contributed by atoms with van der Waals surface area (Å²) < 4.78 is 0. The van der Waals surface area contributed by atoms with Crippen molar-refractivity contribution in [2.75, 3.05) is 11.4 Å². The fourth-order valence-electron chi connectivity index (χ4n) is 4.78. The van der Waals surface area contributed by atoms with Gasteiger partial charge in [-0.1, -0.05) is 12.5 Å². The van der Waals surface area contributed by atoms with Crippen molar-refractivity contribution in [1.29, 1.82) is 0 Å². The molecule has 2 atom stereocenters. The largest absolute Gasteiger partial charge is 0.296 e. The SMILES string of the molecule is Cc1cccc(C(=O)C[C@H]2CCC[C@]3(CCN(c4ccnc(C)n4)C3=O)C2)n1. The molecule has 0 N–H and O–H groups in total. The van der Waals surface area contributed by atoms with Crippen LogP contribution in [0.1, 0.15) is 60.5 Å². The van der Waals surface area contributed by atoms with Gasteiger partial charge in [-0.2, -0.15) is 0 Å². The summed E-state index contributed by atoms with van der Waals surface area (Å²) in [6.45, 7) is 4.42. The normalized spacial score (nSPS) is 24.7. The number of carbonyl (C=O) groups excluding carboxylic acids is 2. The van der Waals surface area contributed by atoms with Gasteiger partial charge in [-0.25, -0.2) is 9.97 Å². The van der Waals surface area contributed by atoms with Gasteiger partial charge < -0.3 is 0 Å². The van der Waals surface area contributed by atoms with Gasteiger partial charge in [0.15, 0.2) is 5.78 Å². The summed E-state index contributed by atoms with van der Waals surface area (Å²) in [4.78, 5) is 40.7. The van der Waals surface area contributed by atoms with E-state index in [1.165, 1.54) is 0 Å². The van der Waals surface area contributed by atoms with Crippen LogP contribution in [0.5, 0.6) is 0 Å². The van der Waals surface area contributed by atoms with E-state index in [4.69, 9.17) is 0 Å². The molecule has 2 fully saturated rings. The van der Waals surface area contributed by atoms with Gasteiger partial charge in [-0.05, 0) is 63.6 Å². The van der Waals surface area contributed by atoms with E-state index >= 15 is 0 Å². The number of pyridine rings is 1. The van der Waals surface area contributed by atoms with Gasteiger partial charge in [0.25, 0.3) is 0 Å². The molecule has 6 nitrogen and oxygen atoms in total. The number of anilines is 1. The van der Waals surface area contributed by atoms with E-state index in [2.05, 4.69) is 15.0 Å². The number of nitrogens with zero attached hydrogens (tertiary/aromatic N) is 4. The Labute approximate surface area is 165 Å². The van der Waals surface area contributed by atoms with E-state index in [1.807, 2.05) is 26.0 Å². The van der Waals surface area contributed by atoms with E-state index in [9.17, 15) is 9.59 Å². The molecule has 2 aliphatic rings. The first kappa shape index (κ1) is 18.7. The molecule has 1 saturated carbocycles. The molecule has 6 heteroatoms. The number of aryl methyl sites for hydroxylation is 2. The highest BCUT2D eigenvalue weighted by atomic mass is 16.2. The molecule has 146 valence electrons. The van der Waals surface area contributed by atoms with Crippen molar-refractivity contribution >= 4 is 17.5 Å². The van der Waals surface area contributed by atoms with Gasteiger partial charge >= 0.3 is 0 Å². The van der Waals surface area contributed by atoms with Crippen LogP contribution in [0, 0.1) is 25.2 Å². The Morgan fingerprint density at radius 2 is 2.07 bits per heavy atom. The third kappa shape index (κ3) is 3.55. The minimum absolute atomic E-state index is 0.0828. The number of amides is 1. The monoisotopic (exact) mass is 378 g/mol. The summed E-state index contributed by atoms with van der Waals surface area (Å²) in [5.41, 5.74) is 1.05. The predicted molar refractivity (Wildman–Crippen MR) is 106 cm³/mol. The predicted octanol–water partition coefficient (Wildman–Crippen LogP) is 3.67. The maximum atomic E-state index is 13.3. The van der Waals surface area contributed by atoms with Crippen molar-refractivity contribution in [2.24, 2.45) is 11.3 Å². The van der Waals surface area contributed by atoms with Crippen LogP contribution in [0.2, 0.25) is 0 Å². The molecule has 2 aromatic heterocycles. The van der Waals surface area contributed by atoms with Crippen LogP contribution < -0.4 is 4.90 Å². The van der Waals surface area contributed by atoms with Gasteiger partial charge in [-0.3, -0.25) is 19.5 Å². The zero-order valence-corrected chi connectivity index (χ0v) is 16.5. The van der Waals surface area contributed by atoms with Crippen LogP contribution >= 0.6 is 0 Å². The fourth-order valence-corrected chi connectivity index (χ4v) is 4.78. The van der Waals surface area contributed by atoms with Crippen molar-refractivity contribution in [1.82, 2.24) is 15.0 Å². The van der Waals surface area contributed by atoms with Gasteiger partial charge in [0.1, 0.15) is 17.3 Å². The Morgan fingerprint density at radius 3 is 2.86 bits per heavy atom. The quantitative estimate of drug-likeness (QED) is 0.759. The Morgan fingerprint density at radius 1 is 1.21 bits per heavy atom. The molecule has 28 heavy (non-hydrogen) atoms. The molecule has 3 heterocycles. The van der Waals surface area contributed by atoms with E-state index in [1.54, 1.807) is 23.2 Å². The maximum Gasteiger partial charge on any atom is 0.234 e. The van der Waals surface area contributed by atoms with Gasteiger partial charge in [-0.15, -0.1) is 0 Å². The molecule has 0 bridgehead atoms. The number of hydrogen-bond acceptors (Lipinski definition) is 5. The minimum atomic E-state index is -0.345. The van der Waals surface area contributed by atoms with E-state index < -0.39 is 0 Å². The van der Waals surface area contributed by atoms with Crippen LogP contribution in [-0.4, -0.2) is 33.2 Å². The highest BCUT2D eigenvalue weighted by Gasteiger charge is 2.49. The van der Waals surface area contributed by atoms with E-state index in [-0.39, 0.29) is 23.0 Å². The van der Waals surface area contributed by atoms with Crippen molar-refractivity contribution in [3.8, 4) is 0 Å². The molecular formula is C22H26N4O2. The molecule has 1 aliphatic heterocycles. The average Bonchev–Trinajstić information content (AvgIpc) is 2.97. The molecule has 2 aromatic rings. The van der Waals surface area contributed by atoms with Crippen LogP contribution in [-0.2, 0) is 4.79 Å². The van der Waals surface area contributed by atoms with Crippen molar-refractivity contribution in [3.05, 3.63) is 47.7 Å². The number of hydrogen-bond donors (Lipinski definition) is 0. The fraction of sp³-hybridized carbons (Fsp3) is 0.500. The van der Waals surface area contributed by atoms with Crippen LogP contribution in [0.25, 0.3) is 0 Å². The first-order valence-electron chi connectivity index (χ1n) is 10.1. The second-order valence-corrected chi connectivity index (χ2v) is 8.20. The summed E-state index contributed by atoms with van der Waals surface area (Å²) in [6, 6.07) is 7.36. The standard InChI is InChI=1S/C22H26N4O2/c1-15-5-3-7-18(24-15)19(27)13-17-6-4-9-22(14-17)10-12-26(21(22)28)20-8-11-23-16(2)25-20/h3,5,7-8,11,17H,4,6,9-10,12-14H2,1-2H3/t17-,22+/m1/s1. The molecule has 1 aliphatic carbocycles. The lowest BCUT2D eigenvalue weighted by Gasteiger charge is -2.36. The summed E-state index contributed by atoms with van der Waals surface area (Å²) in [6.07, 6.45) is 6.68. The number of carbonyl (C=O) groups is 2.